The molecule has 0 saturated carbocycles. The van der Waals surface area contributed by atoms with E-state index < -0.39 is 18.7 Å². The number of fused-ring (bicyclic) bond motifs is 2. The van der Waals surface area contributed by atoms with Gasteiger partial charge in [-0.2, -0.15) is 13.2 Å². The minimum Gasteiger partial charge on any atom is -0.395 e. The van der Waals surface area contributed by atoms with Gasteiger partial charge in [0.15, 0.2) is 0 Å². The van der Waals surface area contributed by atoms with Gasteiger partial charge in [0.1, 0.15) is 5.92 Å². The van der Waals surface area contributed by atoms with Crippen LogP contribution in [0.3, 0.4) is 0 Å². The molecule has 0 aliphatic carbocycles. The van der Waals surface area contributed by atoms with E-state index in [2.05, 4.69) is 0 Å². The SMILES string of the molecule is OCC(c1c2ccccc2cc2ccccc12)C(F)(F)F. The molecule has 0 fully saturated rings. The van der Waals surface area contributed by atoms with Gasteiger partial charge >= 0.3 is 6.18 Å². The van der Waals surface area contributed by atoms with Crippen LogP contribution in [0.1, 0.15) is 11.5 Å². The van der Waals surface area contributed by atoms with Crippen molar-refractivity contribution in [1.29, 1.82) is 0 Å². The molecule has 3 aromatic carbocycles. The van der Waals surface area contributed by atoms with Crippen LogP contribution in [0.2, 0.25) is 0 Å². The molecule has 3 rings (SSSR count). The van der Waals surface area contributed by atoms with E-state index in [-0.39, 0.29) is 5.56 Å². The van der Waals surface area contributed by atoms with Crippen LogP contribution in [0.25, 0.3) is 21.5 Å². The van der Waals surface area contributed by atoms with E-state index in [1.54, 1.807) is 48.5 Å². The van der Waals surface area contributed by atoms with Crippen LogP contribution in [0.15, 0.2) is 54.6 Å². The fraction of sp³-hybridized carbons (Fsp3) is 0.176. The lowest BCUT2D eigenvalue weighted by atomic mass is 9.88. The first kappa shape index (κ1) is 13.9. The Morgan fingerprint density at radius 1 is 0.857 bits per heavy atom. The van der Waals surface area contributed by atoms with Crippen molar-refractivity contribution < 1.29 is 18.3 Å². The largest absolute Gasteiger partial charge is 0.397 e. The lowest BCUT2D eigenvalue weighted by Crippen LogP contribution is -2.24. The number of alkyl halides is 3. The van der Waals surface area contributed by atoms with E-state index in [1.165, 1.54) is 0 Å². The van der Waals surface area contributed by atoms with E-state index in [4.69, 9.17) is 0 Å². The molecule has 0 heterocycles. The summed E-state index contributed by atoms with van der Waals surface area (Å²) in [6, 6.07) is 15.8. The Morgan fingerprint density at radius 3 is 1.76 bits per heavy atom. The molecule has 0 aromatic heterocycles. The third-order valence-corrected chi connectivity index (χ3v) is 3.74. The van der Waals surface area contributed by atoms with Gasteiger partial charge < -0.3 is 5.11 Å². The van der Waals surface area contributed by atoms with Crippen LogP contribution in [0.5, 0.6) is 0 Å². The maximum atomic E-state index is 13.3. The number of aliphatic hydroxyl groups is 1. The Hall–Kier alpha value is -2.07. The van der Waals surface area contributed by atoms with Gasteiger partial charge in [-0.1, -0.05) is 48.5 Å². The van der Waals surface area contributed by atoms with Crippen LogP contribution < -0.4 is 0 Å². The second kappa shape index (κ2) is 5.04. The molecule has 0 aliphatic heterocycles. The highest BCUT2D eigenvalue weighted by Gasteiger charge is 2.41. The third kappa shape index (κ3) is 2.36. The van der Waals surface area contributed by atoms with Crippen molar-refractivity contribution >= 4 is 21.5 Å². The molecule has 0 amide bonds. The number of aliphatic hydroxyl groups excluding tert-OH is 1. The summed E-state index contributed by atoms with van der Waals surface area (Å²) in [6.45, 7) is -0.957. The molecule has 0 aliphatic rings. The van der Waals surface area contributed by atoms with Crippen LogP contribution >= 0.6 is 0 Å². The number of rotatable bonds is 2. The maximum absolute atomic E-state index is 13.3. The summed E-state index contributed by atoms with van der Waals surface area (Å²) < 4.78 is 39.9. The van der Waals surface area contributed by atoms with Gasteiger partial charge in [-0.05, 0) is 33.2 Å². The number of hydrogen-bond donors (Lipinski definition) is 1. The number of halogens is 3. The Balaban J connectivity index is 2.45. The summed E-state index contributed by atoms with van der Waals surface area (Å²) in [6.07, 6.45) is -4.48. The summed E-state index contributed by atoms with van der Waals surface area (Å²) in [5.41, 5.74) is 0.152. The summed E-state index contributed by atoms with van der Waals surface area (Å²) in [5, 5.41) is 11.9. The zero-order valence-corrected chi connectivity index (χ0v) is 11.1. The molecule has 4 heteroatoms. The lowest BCUT2D eigenvalue weighted by Gasteiger charge is -2.22. The van der Waals surface area contributed by atoms with Gasteiger partial charge in [0, 0.05) is 0 Å². The van der Waals surface area contributed by atoms with E-state index in [1.807, 2.05) is 6.07 Å². The molecule has 0 radical (unpaired) electrons. The average Bonchev–Trinajstić information content (AvgIpc) is 2.46. The normalized spacial score (nSPS) is 13.7. The lowest BCUT2D eigenvalue weighted by molar-refractivity contribution is -0.157. The maximum Gasteiger partial charge on any atom is 0.397 e. The van der Waals surface area contributed by atoms with Crippen molar-refractivity contribution in [2.75, 3.05) is 6.61 Å². The van der Waals surface area contributed by atoms with Gasteiger partial charge in [0.2, 0.25) is 0 Å². The van der Waals surface area contributed by atoms with Crippen molar-refractivity contribution in [2.45, 2.75) is 12.1 Å². The first-order valence-electron chi connectivity index (χ1n) is 6.60. The standard InChI is InChI=1S/C17H13F3O/c18-17(19,20)15(10-21)16-13-7-3-1-5-11(13)9-12-6-2-4-8-14(12)16/h1-9,15,21H,10H2. The van der Waals surface area contributed by atoms with Gasteiger partial charge in [-0.15, -0.1) is 0 Å². The van der Waals surface area contributed by atoms with Crippen molar-refractivity contribution in [3.8, 4) is 0 Å². The third-order valence-electron chi connectivity index (χ3n) is 3.74. The monoisotopic (exact) mass is 290 g/mol. The molecule has 1 N–H and O–H groups in total. The van der Waals surface area contributed by atoms with Crippen molar-refractivity contribution in [3.05, 3.63) is 60.2 Å². The molecule has 0 saturated heterocycles. The van der Waals surface area contributed by atoms with Crippen LogP contribution in [-0.4, -0.2) is 17.9 Å². The van der Waals surface area contributed by atoms with Crippen molar-refractivity contribution in [2.24, 2.45) is 0 Å². The summed E-state index contributed by atoms with van der Waals surface area (Å²) >= 11 is 0. The molecule has 1 atom stereocenters. The molecule has 1 unspecified atom stereocenters. The fourth-order valence-corrected chi connectivity index (χ4v) is 2.78. The second-order valence-corrected chi connectivity index (χ2v) is 5.01. The predicted octanol–water partition coefficient (Wildman–Crippen LogP) is 4.63. The molecular formula is C17H13F3O. The molecule has 1 nitrogen and oxygen atoms in total. The number of benzene rings is 3. The topological polar surface area (TPSA) is 20.2 Å². The van der Waals surface area contributed by atoms with E-state index in [0.717, 1.165) is 10.8 Å². The summed E-state index contributed by atoms with van der Waals surface area (Å²) in [5.74, 6) is -1.88. The molecule has 0 spiro atoms. The van der Waals surface area contributed by atoms with Crippen LogP contribution in [0.4, 0.5) is 13.2 Å². The zero-order valence-electron chi connectivity index (χ0n) is 11.1. The van der Waals surface area contributed by atoms with Crippen molar-refractivity contribution in [1.82, 2.24) is 0 Å². The van der Waals surface area contributed by atoms with Gasteiger partial charge in [0.05, 0.1) is 6.61 Å². The molecule has 0 bridgehead atoms. The fourth-order valence-electron chi connectivity index (χ4n) is 2.78. The van der Waals surface area contributed by atoms with Crippen LogP contribution in [-0.2, 0) is 0 Å². The molecule has 3 aromatic rings. The number of hydrogen-bond acceptors (Lipinski definition) is 1. The van der Waals surface area contributed by atoms with Crippen molar-refractivity contribution in [3.63, 3.8) is 0 Å². The van der Waals surface area contributed by atoms with E-state index in [0.29, 0.717) is 10.8 Å². The second-order valence-electron chi connectivity index (χ2n) is 5.01. The summed E-state index contributed by atoms with van der Waals surface area (Å²) in [4.78, 5) is 0. The Kier molecular flexibility index (Phi) is 3.33. The first-order valence-corrected chi connectivity index (χ1v) is 6.60. The molecule has 21 heavy (non-hydrogen) atoms. The van der Waals surface area contributed by atoms with Gasteiger partial charge in [-0.3, -0.25) is 0 Å². The highest BCUT2D eigenvalue weighted by atomic mass is 19.4. The first-order chi connectivity index (χ1) is 10.0. The zero-order chi connectivity index (χ0) is 15.0. The minimum absolute atomic E-state index is 0.152. The van der Waals surface area contributed by atoms with E-state index in [9.17, 15) is 18.3 Å². The van der Waals surface area contributed by atoms with E-state index >= 15 is 0 Å². The quantitative estimate of drug-likeness (QED) is 0.682. The summed E-state index contributed by atoms with van der Waals surface area (Å²) in [7, 11) is 0. The highest BCUT2D eigenvalue weighted by molar-refractivity contribution is 6.02. The van der Waals surface area contributed by atoms with Gasteiger partial charge in [0.25, 0.3) is 0 Å². The minimum atomic E-state index is -4.48. The average molecular weight is 290 g/mol. The Labute approximate surface area is 119 Å². The van der Waals surface area contributed by atoms with Gasteiger partial charge in [-0.25, -0.2) is 0 Å². The Morgan fingerprint density at radius 2 is 1.33 bits per heavy atom. The predicted molar refractivity (Wildman–Crippen MR) is 77.3 cm³/mol. The molecular weight excluding hydrogens is 277 g/mol. The van der Waals surface area contributed by atoms with Crippen LogP contribution in [0, 0.1) is 0 Å². The molecule has 108 valence electrons. The Bertz CT molecular complexity index is 739. The smallest absolute Gasteiger partial charge is 0.395 e. The highest BCUT2D eigenvalue weighted by Crippen LogP contribution is 2.41.